The van der Waals surface area contributed by atoms with Crippen molar-refractivity contribution in [3.63, 3.8) is 0 Å². The van der Waals surface area contributed by atoms with E-state index in [4.69, 9.17) is 0 Å². The molecule has 0 atom stereocenters. The summed E-state index contributed by atoms with van der Waals surface area (Å²) in [7, 11) is 1.61. The van der Waals surface area contributed by atoms with E-state index >= 15 is 0 Å². The molecule has 1 aromatic heterocycles. The first kappa shape index (κ1) is 20.5. The highest BCUT2D eigenvalue weighted by Gasteiger charge is 2.30. The van der Waals surface area contributed by atoms with E-state index in [2.05, 4.69) is 30.4 Å². The van der Waals surface area contributed by atoms with Crippen molar-refractivity contribution in [2.24, 2.45) is 4.99 Å². The van der Waals surface area contributed by atoms with Crippen molar-refractivity contribution < 1.29 is 13.2 Å². The number of fused-ring (bicyclic) bond motifs is 1. The molecule has 1 aromatic carbocycles. The van der Waals surface area contributed by atoms with Crippen LogP contribution in [0.4, 0.5) is 13.2 Å². The molecule has 0 unspecified atom stereocenters. The molecule has 26 heavy (non-hydrogen) atoms. The molecule has 0 aliphatic carbocycles. The molecule has 1 aliphatic rings. The van der Waals surface area contributed by atoms with Gasteiger partial charge >= 0.3 is 6.18 Å². The van der Waals surface area contributed by atoms with Crippen molar-refractivity contribution >= 4 is 29.9 Å². The summed E-state index contributed by atoms with van der Waals surface area (Å²) in [4.78, 5) is 4.08. The summed E-state index contributed by atoms with van der Waals surface area (Å²) in [6, 6.07) is 5.23. The van der Waals surface area contributed by atoms with Gasteiger partial charge in [0.25, 0.3) is 0 Å². The highest BCUT2D eigenvalue weighted by atomic mass is 127. The fourth-order valence-corrected chi connectivity index (χ4v) is 2.77. The van der Waals surface area contributed by atoms with E-state index in [1.54, 1.807) is 13.1 Å². The smallest absolute Gasteiger partial charge is 0.352 e. The minimum Gasteiger partial charge on any atom is -0.352 e. The number of aryl methyl sites for hydroxylation is 1. The summed E-state index contributed by atoms with van der Waals surface area (Å²) in [5.41, 5.74) is -0.130. The Bertz CT molecular complexity index is 772. The number of benzene rings is 1. The molecule has 0 saturated carbocycles. The SMILES string of the molecule is CN=C(NCc1cccc(C(F)(F)F)c1)NCc1nnc2n1CCC2.I. The molecular formula is C16H20F3IN6. The fraction of sp³-hybridized carbons (Fsp3) is 0.438. The molecule has 2 aromatic rings. The van der Waals surface area contributed by atoms with Gasteiger partial charge < -0.3 is 15.2 Å². The van der Waals surface area contributed by atoms with Gasteiger partial charge in [-0.15, -0.1) is 34.2 Å². The summed E-state index contributed by atoms with van der Waals surface area (Å²) in [6.45, 7) is 1.60. The second-order valence-electron chi connectivity index (χ2n) is 5.77. The average Bonchev–Trinajstić information content (AvgIpc) is 3.19. The van der Waals surface area contributed by atoms with Crippen LogP contribution in [0.25, 0.3) is 0 Å². The number of halogens is 4. The quantitative estimate of drug-likeness (QED) is 0.402. The normalized spacial score (nSPS) is 13.9. The van der Waals surface area contributed by atoms with E-state index in [0.29, 0.717) is 18.1 Å². The van der Waals surface area contributed by atoms with Crippen molar-refractivity contribution in [3.05, 3.63) is 47.0 Å². The third-order valence-electron chi connectivity index (χ3n) is 4.04. The molecule has 0 saturated heterocycles. The zero-order valence-electron chi connectivity index (χ0n) is 14.2. The van der Waals surface area contributed by atoms with Gasteiger partial charge in [-0.1, -0.05) is 12.1 Å². The molecule has 0 bridgehead atoms. The Balaban J connectivity index is 0.00000243. The Kier molecular flexibility index (Phi) is 6.84. The first-order chi connectivity index (χ1) is 12.0. The molecule has 2 heterocycles. The van der Waals surface area contributed by atoms with Crippen molar-refractivity contribution in [2.45, 2.75) is 38.7 Å². The number of nitrogens with zero attached hydrogens (tertiary/aromatic N) is 4. The first-order valence-corrected chi connectivity index (χ1v) is 7.99. The molecule has 6 nitrogen and oxygen atoms in total. The Labute approximate surface area is 166 Å². The van der Waals surface area contributed by atoms with Crippen LogP contribution in [0, 0.1) is 0 Å². The second-order valence-corrected chi connectivity index (χ2v) is 5.77. The molecule has 0 spiro atoms. The van der Waals surface area contributed by atoms with Crippen LogP contribution in [0.15, 0.2) is 29.3 Å². The number of aliphatic imine (C=N–C) groups is 1. The fourth-order valence-electron chi connectivity index (χ4n) is 2.77. The Morgan fingerprint density at radius 2 is 2.00 bits per heavy atom. The predicted molar refractivity (Wildman–Crippen MR) is 102 cm³/mol. The number of hydrogen-bond donors (Lipinski definition) is 2. The molecule has 0 amide bonds. The van der Waals surface area contributed by atoms with Crippen LogP contribution in [0.2, 0.25) is 0 Å². The van der Waals surface area contributed by atoms with E-state index in [-0.39, 0.29) is 30.5 Å². The predicted octanol–water partition coefficient (Wildman–Crippen LogP) is 2.73. The third kappa shape index (κ3) is 4.86. The van der Waals surface area contributed by atoms with E-state index < -0.39 is 11.7 Å². The van der Waals surface area contributed by atoms with Crippen molar-refractivity contribution in [2.75, 3.05) is 7.05 Å². The topological polar surface area (TPSA) is 67.1 Å². The Morgan fingerprint density at radius 1 is 1.23 bits per heavy atom. The molecular weight excluding hydrogens is 460 g/mol. The third-order valence-corrected chi connectivity index (χ3v) is 4.04. The van der Waals surface area contributed by atoms with E-state index in [1.165, 1.54) is 6.07 Å². The lowest BCUT2D eigenvalue weighted by atomic mass is 10.1. The zero-order chi connectivity index (χ0) is 17.9. The van der Waals surface area contributed by atoms with Crippen molar-refractivity contribution in [3.8, 4) is 0 Å². The first-order valence-electron chi connectivity index (χ1n) is 7.99. The average molecular weight is 480 g/mol. The van der Waals surface area contributed by atoms with Gasteiger partial charge in [-0.3, -0.25) is 4.99 Å². The summed E-state index contributed by atoms with van der Waals surface area (Å²) in [5.74, 6) is 2.31. The molecule has 0 radical (unpaired) electrons. The van der Waals surface area contributed by atoms with Gasteiger partial charge in [-0.05, 0) is 24.1 Å². The van der Waals surface area contributed by atoms with Crippen LogP contribution in [-0.2, 0) is 32.2 Å². The number of aromatic nitrogens is 3. The maximum absolute atomic E-state index is 12.7. The number of hydrogen-bond acceptors (Lipinski definition) is 3. The summed E-state index contributed by atoms with van der Waals surface area (Å²) in [6.07, 6.45) is -2.33. The number of rotatable bonds is 4. The second kappa shape index (κ2) is 8.69. The highest BCUT2D eigenvalue weighted by Crippen LogP contribution is 2.29. The molecule has 3 rings (SSSR count). The van der Waals surface area contributed by atoms with E-state index in [9.17, 15) is 13.2 Å². The molecule has 2 N–H and O–H groups in total. The maximum atomic E-state index is 12.7. The molecule has 1 aliphatic heterocycles. The largest absolute Gasteiger partial charge is 0.416 e. The zero-order valence-corrected chi connectivity index (χ0v) is 16.5. The minimum atomic E-state index is -4.34. The van der Waals surface area contributed by atoms with Gasteiger partial charge in [0.2, 0.25) is 0 Å². The van der Waals surface area contributed by atoms with Crippen LogP contribution in [-0.4, -0.2) is 27.8 Å². The van der Waals surface area contributed by atoms with Crippen LogP contribution < -0.4 is 10.6 Å². The van der Waals surface area contributed by atoms with Gasteiger partial charge in [0.05, 0.1) is 12.1 Å². The lowest BCUT2D eigenvalue weighted by Gasteiger charge is -2.13. The molecule has 10 heteroatoms. The Hall–Kier alpha value is -1.85. The summed E-state index contributed by atoms with van der Waals surface area (Å²) >= 11 is 0. The monoisotopic (exact) mass is 480 g/mol. The van der Waals surface area contributed by atoms with Gasteiger partial charge in [-0.25, -0.2) is 0 Å². The summed E-state index contributed by atoms with van der Waals surface area (Å²) < 4.78 is 40.3. The van der Waals surface area contributed by atoms with Crippen LogP contribution >= 0.6 is 24.0 Å². The lowest BCUT2D eigenvalue weighted by Crippen LogP contribution is -2.37. The number of nitrogens with one attached hydrogen (secondary N) is 2. The Morgan fingerprint density at radius 3 is 2.73 bits per heavy atom. The maximum Gasteiger partial charge on any atom is 0.416 e. The number of alkyl halides is 3. The van der Waals surface area contributed by atoms with Crippen LogP contribution in [0.3, 0.4) is 0 Å². The van der Waals surface area contributed by atoms with Gasteiger partial charge in [0.15, 0.2) is 11.8 Å². The van der Waals surface area contributed by atoms with Crippen molar-refractivity contribution in [1.82, 2.24) is 25.4 Å². The molecule has 142 valence electrons. The van der Waals surface area contributed by atoms with Crippen LogP contribution in [0.5, 0.6) is 0 Å². The van der Waals surface area contributed by atoms with Crippen molar-refractivity contribution in [1.29, 1.82) is 0 Å². The lowest BCUT2D eigenvalue weighted by molar-refractivity contribution is -0.137. The van der Waals surface area contributed by atoms with Gasteiger partial charge in [-0.2, -0.15) is 13.2 Å². The molecule has 0 fully saturated rings. The number of guanidine groups is 1. The standard InChI is InChI=1S/C16H19F3N6.HI/c1-20-15(22-10-14-24-23-13-6-3-7-25(13)14)21-9-11-4-2-5-12(8-11)16(17,18)19;/h2,4-5,8H,3,6-7,9-10H2,1H3,(H2,20,21,22);1H. The van der Waals surface area contributed by atoms with Gasteiger partial charge in [0, 0.05) is 26.6 Å². The van der Waals surface area contributed by atoms with E-state index in [0.717, 1.165) is 43.2 Å². The minimum absolute atomic E-state index is 0. The van der Waals surface area contributed by atoms with E-state index in [1.807, 2.05) is 0 Å². The summed E-state index contributed by atoms with van der Waals surface area (Å²) in [5, 5.41) is 14.4. The van der Waals surface area contributed by atoms with Gasteiger partial charge in [0.1, 0.15) is 5.82 Å². The highest BCUT2D eigenvalue weighted by molar-refractivity contribution is 14.0. The van der Waals surface area contributed by atoms with Crippen LogP contribution in [0.1, 0.15) is 29.2 Å².